The molecule has 5 nitrogen and oxygen atoms in total. The van der Waals surface area contributed by atoms with Crippen LogP contribution >= 0.6 is 0 Å². The van der Waals surface area contributed by atoms with Crippen molar-refractivity contribution in [3.8, 4) is 0 Å². The van der Waals surface area contributed by atoms with Gasteiger partial charge < -0.3 is 11.1 Å². The fraction of sp³-hybridized carbons (Fsp3) is 0.818. The number of likely N-dealkylation sites (tertiary alicyclic amines) is 1. The van der Waals surface area contributed by atoms with Crippen LogP contribution in [0.25, 0.3) is 0 Å². The third-order valence-corrected chi connectivity index (χ3v) is 3.61. The van der Waals surface area contributed by atoms with Crippen molar-refractivity contribution in [2.24, 2.45) is 11.7 Å². The highest BCUT2D eigenvalue weighted by Crippen LogP contribution is 2.38. The van der Waals surface area contributed by atoms with E-state index in [1.54, 1.807) is 0 Å². The number of nitrogens with two attached hydrogens (primary N) is 1. The second-order valence-electron chi connectivity index (χ2n) is 5.22. The standard InChI is InChI=1S/C11H19N3O2/c1-7(2)5-14-8(9(12)15)3-4-11(14)6-13-10(11)16/h7-8H,3-6H2,1-2H3,(H2,12,15)(H,13,16). The Hall–Kier alpha value is -1.10. The predicted octanol–water partition coefficient (Wildman–Crippen LogP) is -0.539. The first-order chi connectivity index (χ1) is 7.47. The fourth-order valence-corrected chi connectivity index (χ4v) is 2.76. The van der Waals surface area contributed by atoms with Gasteiger partial charge in [0.2, 0.25) is 11.8 Å². The Balaban J connectivity index is 2.21. The summed E-state index contributed by atoms with van der Waals surface area (Å²) in [6.07, 6.45) is 1.45. The summed E-state index contributed by atoms with van der Waals surface area (Å²) in [7, 11) is 0. The molecular formula is C11H19N3O2. The number of hydrogen-bond acceptors (Lipinski definition) is 3. The minimum atomic E-state index is -0.441. The molecule has 0 aromatic carbocycles. The summed E-state index contributed by atoms with van der Waals surface area (Å²) in [6.45, 7) is 5.57. The van der Waals surface area contributed by atoms with E-state index < -0.39 is 5.54 Å². The van der Waals surface area contributed by atoms with E-state index in [2.05, 4.69) is 19.2 Å². The van der Waals surface area contributed by atoms with Gasteiger partial charge in [0, 0.05) is 13.1 Å². The molecule has 2 amide bonds. The zero-order chi connectivity index (χ0) is 11.9. The maximum atomic E-state index is 11.7. The lowest BCUT2D eigenvalue weighted by molar-refractivity contribution is -0.144. The lowest BCUT2D eigenvalue weighted by atomic mass is 9.88. The molecule has 0 bridgehead atoms. The normalized spacial score (nSPS) is 34.2. The molecule has 2 unspecified atom stereocenters. The zero-order valence-electron chi connectivity index (χ0n) is 9.82. The van der Waals surface area contributed by atoms with E-state index in [9.17, 15) is 9.59 Å². The van der Waals surface area contributed by atoms with Crippen LogP contribution in [0.3, 0.4) is 0 Å². The number of rotatable bonds is 3. The molecule has 2 atom stereocenters. The largest absolute Gasteiger partial charge is 0.368 e. The monoisotopic (exact) mass is 225 g/mol. The number of nitrogens with one attached hydrogen (secondary N) is 1. The van der Waals surface area contributed by atoms with E-state index in [-0.39, 0.29) is 17.9 Å². The Labute approximate surface area is 95.3 Å². The van der Waals surface area contributed by atoms with E-state index in [1.165, 1.54) is 0 Å². The highest BCUT2D eigenvalue weighted by atomic mass is 16.2. The first-order valence-corrected chi connectivity index (χ1v) is 5.82. The van der Waals surface area contributed by atoms with Gasteiger partial charge in [-0.2, -0.15) is 0 Å². The molecule has 3 N–H and O–H groups in total. The van der Waals surface area contributed by atoms with Gasteiger partial charge in [0.05, 0.1) is 6.04 Å². The first-order valence-electron chi connectivity index (χ1n) is 5.82. The van der Waals surface area contributed by atoms with Crippen LogP contribution < -0.4 is 11.1 Å². The summed E-state index contributed by atoms with van der Waals surface area (Å²) >= 11 is 0. The molecule has 2 aliphatic rings. The Bertz CT molecular complexity index is 329. The quantitative estimate of drug-likeness (QED) is 0.633. The van der Waals surface area contributed by atoms with Gasteiger partial charge in [-0.3, -0.25) is 14.5 Å². The third kappa shape index (κ3) is 1.50. The number of primary amides is 1. The molecule has 0 saturated carbocycles. The minimum Gasteiger partial charge on any atom is -0.368 e. The second kappa shape index (κ2) is 3.73. The number of hydrogen-bond donors (Lipinski definition) is 2. The SMILES string of the molecule is CC(C)CN1C(C(N)=O)CCC12CNC2=O. The molecule has 2 aliphatic heterocycles. The van der Waals surface area contributed by atoms with Gasteiger partial charge in [0.25, 0.3) is 0 Å². The van der Waals surface area contributed by atoms with Crippen molar-refractivity contribution in [3.63, 3.8) is 0 Å². The Morgan fingerprint density at radius 2 is 2.38 bits per heavy atom. The number of carbonyl (C=O) groups is 2. The Kier molecular flexibility index (Phi) is 2.66. The number of amides is 2. The summed E-state index contributed by atoms with van der Waals surface area (Å²) in [4.78, 5) is 25.1. The van der Waals surface area contributed by atoms with Crippen molar-refractivity contribution in [2.75, 3.05) is 13.1 Å². The maximum absolute atomic E-state index is 11.7. The van der Waals surface area contributed by atoms with E-state index in [0.717, 1.165) is 13.0 Å². The molecular weight excluding hydrogens is 206 g/mol. The van der Waals surface area contributed by atoms with Gasteiger partial charge >= 0.3 is 0 Å². The van der Waals surface area contributed by atoms with Crippen molar-refractivity contribution >= 4 is 11.8 Å². The second-order valence-corrected chi connectivity index (χ2v) is 5.22. The van der Waals surface area contributed by atoms with Crippen molar-refractivity contribution in [1.29, 1.82) is 0 Å². The molecule has 0 aromatic rings. The predicted molar refractivity (Wildman–Crippen MR) is 59.5 cm³/mol. The van der Waals surface area contributed by atoms with Gasteiger partial charge in [-0.1, -0.05) is 13.8 Å². The molecule has 5 heteroatoms. The number of nitrogens with zero attached hydrogens (tertiary/aromatic N) is 1. The van der Waals surface area contributed by atoms with Crippen molar-refractivity contribution in [1.82, 2.24) is 10.2 Å². The highest BCUT2D eigenvalue weighted by Gasteiger charge is 2.57. The average Bonchev–Trinajstić information content (AvgIpc) is 2.56. The van der Waals surface area contributed by atoms with Crippen LogP contribution in [-0.2, 0) is 9.59 Å². The lowest BCUT2D eigenvalue weighted by Gasteiger charge is -2.46. The van der Waals surface area contributed by atoms with E-state index in [1.807, 2.05) is 4.90 Å². The molecule has 16 heavy (non-hydrogen) atoms. The van der Waals surface area contributed by atoms with Gasteiger partial charge in [-0.25, -0.2) is 0 Å². The van der Waals surface area contributed by atoms with Gasteiger partial charge in [-0.15, -0.1) is 0 Å². The fourth-order valence-electron chi connectivity index (χ4n) is 2.76. The molecule has 2 rings (SSSR count). The van der Waals surface area contributed by atoms with Crippen LogP contribution in [0.1, 0.15) is 26.7 Å². The van der Waals surface area contributed by atoms with E-state index in [0.29, 0.717) is 18.9 Å². The summed E-state index contributed by atoms with van der Waals surface area (Å²) in [6, 6.07) is -0.270. The Morgan fingerprint density at radius 1 is 1.69 bits per heavy atom. The first kappa shape index (κ1) is 11.4. The van der Waals surface area contributed by atoms with Crippen LogP contribution in [0.5, 0.6) is 0 Å². The van der Waals surface area contributed by atoms with Gasteiger partial charge in [0.1, 0.15) is 5.54 Å². The number of β-lactam (4-membered cyclic amide) rings is 1. The molecule has 1 spiro atoms. The molecule has 0 aromatic heterocycles. The zero-order valence-corrected chi connectivity index (χ0v) is 9.82. The molecule has 2 fully saturated rings. The maximum Gasteiger partial charge on any atom is 0.242 e. The summed E-state index contributed by atoms with van der Waals surface area (Å²) in [5.41, 5.74) is 4.96. The van der Waals surface area contributed by atoms with Crippen LogP contribution in [0.4, 0.5) is 0 Å². The number of carbonyl (C=O) groups excluding carboxylic acids is 2. The van der Waals surface area contributed by atoms with Crippen LogP contribution in [0.2, 0.25) is 0 Å². The van der Waals surface area contributed by atoms with Crippen molar-refractivity contribution in [2.45, 2.75) is 38.3 Å². The molecule has 2 saturated heterocycles. The smallest absolute Gasteiger partial charge is 0.242 e. The summed E-state index contributed by atoms with van der Waals surface area (Å²) < 4.78 is 0. The Morgan fingerprint density at radius 3 is 2.75 bits per heavy atom. The van der Waals surface area contributed by atoms with Gasteiger partial charge in [0.15, 0.2) is 0 Å². The van der Waals surface area contributed by atoms with Crippen LogP contribution in [0.15, 0.2) is 0 Å². The van der Waals surface area contributed by atoms with E-state index in [4.69, 9.17) is 5.73 Å². The molecule has 0 aliphatic carbocycles. The van der Waals surface area contributed by atoms with Gasteiger partial charge in [-0.05, 0) is 18.8 Å². The van der Waals surface area contributed by atoms with E-state index >= 15 is 0 Å². The van der Waals surface area contributed by atoms with Crippen molar-refractivity contribution < 1.29 is 9.59 Å². The molecule has 90 valence electrons. The molecule has 2 heterocycles. The summed E-state index contributed by atoms with van der Waals surface area (Å²) in [5, 5.41) is 2.77. The van der Waals surface area contributed by atoms with Crippen LogP contribution in [0, 0.1) is 5.92 Å². The third-order valence-electron chi connectivity index (χ3n) is 3.61. The minimum absolute atomic E-state index is 0.0527. The molecule has 0 radical (unpaired) electrons. The van der Waals surface area contributed by atoms with Crippen LogP contribution in [-0.4, -0.2) is 41.4 Å². The summed E-state index contributed by atoms with van der Waals surface area (Å²) in [5.74, 6) is 0.166. The highest BCUT2D eigenvalue weighted by molar-refractivity contribution is 5.94. The topological polar surface area (TPSA) is 75.4 Å². The van der Waals surface area contributed by atoms with Crippen molar-refractivity contribution in [3.05, 3.63) is 0 Å². The average molecular weight is 225 g/mol. The lowest BCUT2D eigenvalue weighted by Crippen LogP contribution is -2.72.